The quantitative estimate of drug-likeness (QED) is 0.818. The molecule has 0 spiro atoms. The standard InChI is InChI=1S/C16H22N4O/c1-12(2)9-17-15-8-16(20-11-19-15)18-10-13-6-4-5-7-14(13)21-3/h4-8,11-12H,9-10H2,1-3H3,(H2,17,18,19,20). The summed E-state index contributed by atoms with van der Waals surface area (Å²) >= 11 is 0. The highest BCUT2D eigenvalue weighted by Gasteiger charge is 2.03. The molecule has 21 heavy (non-hydrogen) atoms. The molecule has 5 nitrogen and oxygen atoms in total. The zero-order valence-electron chi connectivity index (χ0n) is 12.8. The van der Waals surface area contributed by atoms with Crippen LogP contribution in [0.2, 0.25) is 0 Å². The summed E-state index contributed by atoms with van der Waals surface area (Å²) < 4.78 is 5.34. The Kier molecular flexibility index (Phi) is 5.37. The molecule has 5 heteroatoms. The van der Waals surface area contributed by atoms with Crippen LogP contribution in [0.15, 0.2) is 36.7 Å². The molecule has 0 aliphatic carbocycles. The van der Waals surface area contributed by atoms with Crippen LogP contribution >= 0.6 is 0 Å². The van der Waals surface area contributed by atoms with E-state index in [2.05, 4.69) is 34.4 Å². The number of hydrogen-bond acceptors (Lipinski definition) is 5. The van der Waals surface area contributed by atoms with Crippen LogP contribution in [-0.2, 0) is 6.54 Å². The molecule has 0 saturated carbocycles. The fraction of sp³-hybridized carbons (Fsp3) is 0.375. The molecule has 0 amide bonds. The summed E-state index contributed by atoms with van der Waals surface area (Å²) in [6, 6.07) is 9.85. The van der Waals surface area contributed by atoms with Gasteiger partial charge in [-0.2, -0.15) is 0 Å². The fourth-order valence-corrected chi connectivity index (χ4v) is 1.89. The molecule has 0 fully saturated rings. The van der Waals surface area contributed by atoms with Crippen molar-refractivity contribution in [3.05, 3.63) is 42.2 Å². The van der Waals surface area contributed by atoms with Crippen LogP contribution in [0.4, 0.5) is 11.6 Å². The van der Waals surface area contributed by atoms with Crippen LogP contribution in [0, 0.1) is 5.92 Å². The molecule has 1 aromatic heterocycles. The van der Waals surface area contributed by atoms with Gasteiger partial charge < -0.3 is 15.4 Å². The SMILES string of the molecule is COc1ccccc1CNc1cc(NCC(C)C)ncn1. The van der Waals surface area contributed by atoms with Crippen molar-refractivity contribution in [1.29, 1.82) is 0 Å². The van der Waals surface area contributed by atoms with Crippen LogP contribution in [-0.4, -0.2) is 23.6 Å². The normalized spacial score (nSPS) is 10.5. The lowest BCUT2D eigenvalue weighted by Gasteiger charge is -2.11. The predicted octanol–water partition coefficient (Wildman–Crippen LogP) is 3.17. The lowest BCUT2D eigenvalue weighted by atomic mass is 10.2. The number of rotatable bonds is 7. The van der Waals surface area contributed by atoms with Gasteiger partial charge in [0.15, 0.2) is 0 Å². The smallest absolute Gasteiger partial charge is 0.131 e. The molecule has 2 aromatic rings. The summed E-state index contributed by atoms with van der Waals surface area (Å²) in [5, 5.41) is 6.58. The lowest BCUT2D eigenvalue weighted by Crippen LogP contribution is -2.10. The molecule has 2 N–H and O–H groups in total. The Labute approximate surface area is 125 Å². The maximum absolute atomic E-state index is 5.34. The number of nitrogens with zero attached hydrogens (tertiary/aromatic N) is 2. The van der Waals surface area contributed by atoms with Gasteiger partial charge in [-0.1, -0.05) is 32.0 Å². The number of anilines is 2. The van der Waals surface area contributed by atoms with Crippen molar-refractivity contribution in [2.75, 3.05) is 24.3 Å². The number of nitrogens with one attached hydrogen (secondary N) is 2. The first kappa shape index (κ1) is 15.1. The molecule has 0 bridgehead atoms. The van der Waals surface area contributed by atoms with Crippen molar-refractivity contribution in [2.24, 2.45) is 5.92 Å². The van der Waals surface area contributed by atoms with E-state index in [1.165, 1.54) is 0 Å². The average molecular weight is 286 g/mol. The third-order valence-corrected chi connectivity index (χ3v) is 3.01. The minimum absolute atomic E-state index is 0.574. The van der Waals surface area contributed by atoms with E-state index in [-0.39, 0.29) is 0 Å². The topological polar surface area (TPSA) is 59.1 Å². The van der Waals surface area contributed by atoms with Gasteiger partial charge in [-0.15, -0.1) is 0 Å². The summed E-state index contributed by atoms with van der Waals surface area (Å²) in [5.74, 6) is 3.07. The predicted molar refractivity (Wildman–Crippen MR) is 85.7 cm³/mol. The molecule has 0 atom stereocenters. The zero-order valence-corrected chi connectivity index (χ0v) is 12.8. The zero-order chi connectivity index (χ0) is 15.1. The number of para-hydroxylation sites is 1. The van der Waals surface area contributed by atoms with Crippen molar-refractivity contribution in [1.82, 2.24) is 9.97 Å². The molecule has 0 unspecified atom stereocenters. The van der Waals surface area contributed by atoms with Crippen molar-refractivity contribution in [2.45, 2.75) is 20.4 Å². The highest BCUT2D eigenvalue weighted by Crippen LogP contribution is 2.18. The van der Waals surface area contributed by atoms with Crippen LogP contribution < -0.4 is 15.4 Å². The molecule has 0 saturated heterocycles. The summed E-state index contributed by atoms with van der Waals surface area (Å²) in [7, 11) is 1.68. The van der Waals surface area contributed by atoms with E-state index in [1.807, 2.05) is 30.3 Å². The van der Waals surface area contributed by atoms with Crippen molar-refractivity contribution in [3.8, 4) is 5.75 Å². The second-order valence-corrected chi connectivity index (χ2v) is 5.23. The maximum Gasteiger partial charge on any atom is 0.131 e. The fourth-order valence-electron chi connectivity index (χ4n) is 1.89. The Hall–Kier alpha value is -2.30. The lowest BCUT2D eigenvalue weighted by molar-refractivity contribution is 0.410. The first-order valence-corrected chi connectivity index (χ1v) is 7.10. The summed E-state index contributed by atoms with van der Waals surface area (Å²) in [5.41, 5.74) is 1.09. The van der Waals surface area contributed by atoms with Gasteiger partial charge in [0.2, 0.25) is 0 Å². The maximum atomic E-state index is 5.34. The van der Waals surface area contributed by atoms with Crippen LogP contribution in [0.1, 0.15) is 19.4 Å². The minimum Gasteiger partial charge on any atom is -0.496 e. The minimum atomic E-state index is 0.574. The first-order chi connectivity index (χ1) is 10.2. The number of methoxy groups -OCH3 is 1. The van der Waals surface area contributed by atoms with E-state index in [0.717, 1.165) is 29.5 Å². The molecule has 0 aliphatic rings. The van der Waals surface area contributed by atoms with Gasteiger partial charge >= 0.3 is 0 Å². The number of benzene rings is 1. The Balaban J connectivity index is 1.98. The molecule has 0 aliphatic heterocycles. The molecular weight excluding hydrogens is 264 g/mol. The van der Waals surface area contributed by atoms with E-state index < -0.39 is 0 Å². The third-order valence-electron chi connectivity index (χ3n) is 3.01. The number of aromatic nitrogens is 2. The van der Waals surface area contributed by atoms with Gasteiger partial charge in [0.05, 0.1) is 7.11 Å². The summed E-state index contributed by atoms with van der Waals surface area (Å²) in [6.07, 6.45) is 1.56. The highest BCUT2D eigenvalue weighted by molar-refractivity contribution is 5.47. The summed E-state index contributed by atoms with van der Waals surface area (Å²) in [4.78, 5) is 8.45. The van der Waals surface area contributed by atoms with Gasteiger partial charge in [-0.05, 0) is 12.0 Å². The van der Waals surface area contributed by atoms with E-state index in [9.17, 15) is 0 Å². The van der Waals surface area contributed by atoms with Crippen LogP contribution in [0.25, 0.3) is 0 Å². The number of ether oxygens (including phenoxy) is 1. The first-order valence-electron chi connectivity index (χ1n) is 7.10. The second-order valence-electron chi connectivity index (χ2n) is 5.23. The van der Waals surface area contributed by atoms with Gasteiger partial charge in [-0.3, -0.25) is 0 Å². The van der Waals surface area contributed by atoms with Crippen molar-refractivity contribution >= 4 is 11.6 Å². The third kappa shape index (κ3) is 4.63. The Morgan fingerprint density at radius 1 is 1.10 bits per heavy atom. The van der Waals surface area contributed by atoms with Crippen LogP contribution in [0.3, 0.4) is 0 Å². The molecule has 0 radical (unpaired) electrons. The summed E-state index contributed by atoms with van der Waals surface area (Å²) in [6.45, 7) is 5.87. The van der Waals surface area contributed by atoms with Gasteiger partial charge in [0.25, 0.3) is 0 Å². The van der Waals surface area contributed by atoms with E-state index in [4.69, 9.17) is 4.74 Å². The Morgan fingerprint density at radius 2 is 1.81 bits per heavy atom. The Morgan fingerprint density at radius 3 is 2.52 bits per heavy atom. The van der Waals surface area contributed by atoms with E-state index in [1.54, 1.807) is 13.4 Å². The van der Waals surface area contributed by atoms with Gasteiger partial charge in [-0.25, -0.2) is 9.97 Å². The van der Waals surface area contributed by atoms with E-state index in [0.29, 0.717) is 12.5 Å². The second kappa shape index (κ2) is 7.47. The van der Waals surface area contributed by atoms with Crippen molar-refractivity contribution < 1.29 is 4.74 Å². The van der Waals surface area contributed by atoms with Gasteiger partial charge in [0, 0.05) is 24.7 Å². The molecule has 1 aromatic carbocycles. The molecule has 112 valence electrons. The van der Waals surface area contributed by atoms with Crippen LogP contribution in [0.5, 0.6) is 5.75 Å². The Bertz CT molecular complexity index is 572. The van der Waals surface area contributed by atoms with E-state index >= 15 is 0 Å². The number of hydrogen-bond donors (Lipinski definition) is 2. The highest BCUT2D eigenvalue weighted by atomic mass is 16.5. The monoisotopic (exact) mass is 286 g/mol. The van der Waals surface area contributed by atoms with Gasteiger partial charge in [0.1, 0.15) is 23.7 Å². The molecule has 1 heterocycles. The molecular formula is C16H22N4O. The average Bonchev–Trinajstić information content (AvgIpc) is 2.51. The van der Waals surface area contributed by atoms with Crippen molar-refractivity contribution in [3.63, 3.8) is 0 Å². The molecule has 2 rings (SSSR count). The largest absolute Gasteiger partial charge is 0.496 e.